The lowest BCUT2D eigenvalue weighted by atomic mass is 10.4. The lowest BCUT2D eigenvalue weighted by molar-refractivity contribution is 0.521. The van der Waals surface area contributed by atoms with Crippen LogP contribution in [0.3, 0.4) is 0 Å². The van der Waals surface area contributed by atoms with E-state index in [-0.39, 0.29) is 25.7 Å². The minimum atomic E-state index is -5.08. The van der Waals surface area contributed by atoms with Crippen molar-refractivity contribution < 1.29 is 25.3 Å². The van der Waals surface area contributed by atoms with Gasteiger partial charge in [-0.2, -0.15) is 15.8 Å². The Morgan fingerprint density at radius 3 is 1.18 bits per heavy atom. The number of nitrogens with zero attached hydrogens (tertiary/aromatic N) is 3. The fraction of sp³-hybridized carbons (Fsp3) is 0.769. The van der Waals surface area contributed by atoms with Gasteiger partial charge in [-0.3, -0.25) is 0 Å². The largest absolute Gasteiger partial charge is 0.313 e. The predicted octanol–water partition coefficient (Wildman–Crippen LogP) is -1.06. The predicted molar refractivity (Wildman–Crippen MR) is 99.1 cm³/mol. The van der Waals surface area contributed by atoms with E-state index in [2.05, 4.69) is 0 Å². The molecule has 0 heterocycles. The van der Waals surface area contributed by atoms with Gasteiger partial charge in [0.1, 0.15) is 0 Å². The zero-order valence-electron chi connectivity index (χ0n) is 15.2. The van der Waals surface area contributed by atoms with E-state index in [9.17, 15) is 25.3 Å². The molecule has 0 saturated heterocycles. The molecule has 0 amide bonds. The third-order valence-electron chi connectivity index (χ3n) is 3.37. The van der Waals surface area contributed by atoms with Crippen molar-refractivity contribution >= 4 is 30.1 Å². The van der Waals surface area contributed by atoms with E-state index in [1.807, 2.05) is 14.2 Å². The lowest BCUT2D eigenvalue weighted by Crippen LogP contribution is -2.63. The topological polar surface area (TPSA) is 210 Å². The molecule has 15 heteroatoms. The van der Waals surface area contributed by atoms with Crippen molar-refractivity contribution in [1.82, 2.24) is 14.2 Å². The van der Waals surface area contributed by atoms with Crippen molar-refractivity contribution in [3.63, 3.8) is 0 Å². The van der Waals surface area contributed by atoms with Crippen molar-refractivity contribution in [2.24, 2.45) is 0 Å². The summed E-state index contributed by atoms with van der Waals surface area (Å²) in [5, 5.41) is 25.7. The summed E-state index contributed by atoms with van der Waals surface area (Å²) >= 11 is 0. The van der Waals surface area contributed by atoms with Gasteiger partial charge in [0.2, 0.25) is 30.1 Å². The van der Waals surface area contributed by atoms with Crippen molar-refractivity contribution in [1.29, 1.82) is 15.8 Å². The van der Waals surface area contributed by atoms with Crippen molar-refractivity contribution in [2.75, 3.05) is 19.6 Å². The van der Waals surface area contributed by atoms with Crippen LogP contribution in [-0.2, 0) is 30.1 Å². The summed E-state index contributed by atoms with van der Waals surface area (Å²) in [5.41, 5.74) is 0. The molecule has 0 aromatic heterocycles. The Labute approximate surface area is 165 Å². The number of sulfonamides is 3. The van der Waals surface area contributed by atoms with Gasteiger partial charge in [0.15, 0.2) is 0 Å². The highest BCUT2D eigenvalue weighted by molar-refractivity contribution is 8.24. The highest BCUT2D eigenvalue weighted by Crippen LogP contribution is 2.34. The van der Waals surface area contributed by atoms with E-state index >= 15 is 0 Å². The molecular weight excluding hydrogens is 432 g/mol. The van der Waals surface area contributed by atoms with E-state index in [1.54, 1.807) is 18.2 Å². The Morgan fingerprint density at radius 1 is 0.679 bits per heavy atom. The summed E-state index contributed by atoms with van der Waals surface area (Å²) in [6.07, 6.45) is -1.90. The fourth-order valence-corrected chi connectivity index (χ4v) is 9.91. The zero-order valence-corrected chi connectivity index (χ0v) is 17.6. The highest BCUT2D eigenvalue weighted by Gasteiger charge is 2.64. The standard InChI is InChI=1S/C13H22N6O6S3/c1-2-6-13(26(20,21)17-10-3-7-14,27(22,23)18-11-4-8-15)28(24,25)19-12-5-9-16/h17-19H,2-6,10-12H2,1H3. The molecule has 0 aromatic carbocycles. The minimum Gasteiger partial charge on any atom is -0.212 e. The first-order chi connectivity index (χ1) is 13.0. The van der Waals surface area contributed by atoms with Gasteiger partial charge in [-0.15, -0.1) is 0 Å². The number of hydrogen-bond acceptors (Lipinski definition) is 9. The molecule has 0 aromatic rings. The van der Waals surface area contributed by atoms with Crippen molar-refractivity contribution in [3.05, 3.63) is 0 Å². The van der Waals surface area contributed by atoms with E-state index in [4.69, 9.17) is 15.8 Å². The summed E-state index contributed by atoms with van der Waals surface area (Å²) in [4.78, 5) is 0. The molecule has 12 nitrogen and oxygen atoms in total. The van der Waals surface area contributed by atoms with Crippen LogP contribution in [0.5, 0.6) is 0 Å². The second-order valence-electron chi connectivity index (χ2n) is 5.35. The highest BCUT2D eigenvalue weighted by atomic mass is 32.3. The average molecular weight is 455 g/mol. The smallest absolute Gasteiger partial charge is 0.212 e. The van der Waals surface area contributed by atoms with E-state index in [1.165, 1.54) is 6.92 Å². The molecule has 0 fully saturated rings. The molecule has 28 heavy (non-hydrogen) atoms. The van der Waals surface area contributed by atoms with Crippen LogP contribution in [0, 0.1) is 34.0 Å². The monoisotopic (exact) mass is 454 g/mol. The van der Waals surface area contributed by atoms with Gasteiger partial charge in [0.05, 0.1) is 18.2 Å². The molecule has 0 saturated carbocycles. The molecule has 0 bridgehead atoms. The maximum atomic E-state index is 12.9. The van der Waals surface area contributed by atoms with Crippen molar-refractivity contribution in [3.8, 4) is 18.2 Å². The summed E-state index contributed by atoms with van der Waals surface area (Å²) in [5.74, 6) is 0. The number of rotatable bonds is 14. The minimum absolute atomic E-state index is 0.141. The number of hydrogen-bond donors (Lipinski definition) is 3. The quantitative estimate of drug-likeness (QED) is 0.273. The van der Waals surface area contributed by atoms with Gasteiger partial charge in [-0.25, -0.2) is 39.4 Å². The summed E-state index contributed by atoms with van der Waals surface area (Å²) in [6, 6.07) is 4.97. The Balaban J connectivity index is 6.57. The summed E-state index contributed by atoms with van der Waals surface area (Å²) < 4.78 is 79.5. The molecular formula is C13H22N6O6S3. The third kappa shape index (κ3) is 5.85. The number of nitrogens with one attached hydrogen (secondary N) is 3. The number of nitriles is 3. The molecule has 0 rings (SSSR count). The van der Waals surface area contributed by atoms with Gasteiger partial charge >= 0.3 is 3.41 Å². The second kappa shape index (κ2) is 11.3. The molecule has 0 aliphatic rings. The van der Waals surface area contributed by atoms with Crippen LogP contribution in [0.4, 0.5) is 0 Å². The molecule has 0 radical (unpaired) electrons. The first-order valence-electron chi connectivity index (χ1n) is 8.08. The summed E-state index contributed by atoms with van der Waals surface area (Å²) in [6.45, 7) is -0.0850. The molecule has 158 valence electrons. The Morgan fingerprint density at radius 2 is 0.964 bits per heavy atom. The molecule has 3 N–H and O–H groups in total. The zero-order chi connectivity index (χ0) is 21.9. The van der Waals surface area contributed by atoms with Gasteiger partial charge < -0.3 is 0 Å². The molecule has 0 aliphatic heterocycles. The molecule has 0 atom stereocenters. The SMILES string of the molecule is CCCC(S(=O)(=O)NCCC#N)(S(=O)(=O)NCCC#N)S(=O)(=O)NCCC#N. The first kappa shape index (κ1) is 26.2. The van der Waals surface area contributed by atoms with E-state index in [0.717, 1.165) is 0 Å². The van der Waals surface area contributed by atoms with Crippen LogP contribution in [0.2, 0.25) is 0 Å². The molecule has 0 aliphatic carbocycles. The van der Waals surface area contributed by atoms with Gasteiger partial charge in [-0.05, 0) is 6.42 Å². The van der Waals surface area contributed by atoms with Gasteiger partial charge in [0.25, 0.3) is 0 Å². The Hall–Kier alpha value is -1.80. The second-order valence-corrected chi connectivity index (χ2v) is 12.1. The average Bonchev–Trinajstić information content (AvgIpc) is 2.59. The van der Waals surface area contributed by atoms with Crippen LogP contribution in [0.1, 0.15) is 39.0 Å². The van der Waals surface area contributed by atoms with E-state index in [0.29, 0.717) is 0 Å². The van der Waals surface area contributed by atoms with Gasteiger partial charge in [-0.1, -0.05) is 13.3 Å². The molecule has 0 spiro atoms. The first-order valence-corrected chi connectivity index (χ1v) is 12.5. The van der Waals surface area contributed by atoms with Crippen LogP contribution in [-0.4, -0.2) is 48.3 Å². The van der Waals surface area contributed by atoms with Crippen LogP contribution < -0.4 is 14.2 Å². The Kier molecular flexibility index (Phi) is 10.5. The van der Waals surface area contributed by atoms with E-state index < -0.39 is 59.5 Å². The Bertz CT molecular complexity index is 832. The van der Waals surface area contributed by atoms with Crippen molar-refractivity contribution in [2.45, 2.75) is 42.4 Å². The maximum absolute atomic E-state index is 12.9. The van der Waals surface area contributed by atoms with Crippen LogP contribution in [0.25, 0.3) is 0 Å². The summed E-state index contributed by atoms with van der Waals surface area (Å²) in [7, 11) is -15.2. The lowest BCUT2D eigenvalue weighted by Gasteiger charge is -2.32. The third-order valence-corrected chi connectivity index (χ3v) is 12.1. The maximum Gasteiger partial charge on any atom is 0.313 e. The normalized spacial score (nSPS) is 12.6. The molecule has 0 unspecified atom stereocenters. The fourth-order valence-electron chi connectivity index (χ4n) is 2.20. The van der Waals surface area contributed by atoms with Crippen LogP contribution >= 0.6 is 0 Å². The van der Waals surface area contributed by atoms with Gasteiger partial charge in [0, 0.05) is 38.9 Å². The van der Waals surface area contributed by atoms with Crippen LogP contribution in [0.15, 0.2) is 0 Å².